The zero-order valence-corrected chi connectivity index (χ0v) is 39.4. The SMILES string of the molecule is CCN1CCN(C(=O)NC(C(=O)N[C@@H]2C(=O)N3[C@@H]2SC(C)(C)[C@@H]3C(=O)O)c2ccccc2)C(=O)C1=O.C[C@]1(COC(=O)Cc2ccc(O)c(O)c2)[C@H](C(=O)O)N2C(=O)/C(=C/c3ccccn3)C2S1(=O)=O. The first-order chi connectivity index (χ1) is 32.9. The molecule has 5 fully saturated rings. The summed E-state index contributed by atoms with van der Waals surface area (Å²) >= 11 is 1.28. The summed E-state index contributed by atoms with van der Waals surface area (Å²) in [6.45, 7) is 6.00. The molecule has 25 heteroatoms. The van der Waals surface area contributed by atoms with Crippen LogP contribution in [0.5, 0.6) is 11.5 Å². The number of aromatic hydroxyl groups is 2. The Kier molecular flexibility index (Phi) is 13.7. The molecule has 0 spiro atoms. The summed E-state index contributed by atoms with van der Waals surface area (Å²) in [5.41, 5.74) is 0.916. The fraction of sp³-hybridized carbons (Fsp3) is 0.378. The van der Waals surface area contributed by atoms with Crippen LogP contribution in [0.25, 0.3) is 6.08 Å². The second-order valence-corrected chi connectivity index (χ2v) is 21.6. The van der Waals surface area contributed by atoms with Gasteiger partial charge in [-0.3, -0.25) is 38.7 Å². The third-order valence-corrected chi connectivity index (χ3v) is 16.8. The molecule has 0 bridgehead atoms. The molecule has 3 aromatic rings. The molecule has 2 unspecified atom stereocenters. The Balaban J connectivity index is 0.000000207. The van der Waals surface area contributed by atoms with Gasteiger partial charge in [-0.1, -0.05) is 42.5 Å². The van der Waals surface area contributed by atoms with Gasteiger partial charge < -0.3 is 50.5 Å². The fourth-order valence-electron chi connectivity index (χ4n) is 8.83. The van der Waals surface area contributed by atoms with Crippen molar-refractivity contribution in [3.8, 4) is 11.5 Å². The summed E-state index contributed by atoms with van der Waals surface area (Å²) in [4.78, 5) is 121. The van der Waals surface area contributed by atoms with Crippen LogP contribution in [0.2, 0.25) is 0 Å². The first-order valence-electron chi connectivity index (χ1n) is 21.5. The molecule has 7 atom stereocenters. The highest BCUT2D eigenvalue weighted by Gasteiger charge is 2.72. The van der Waals surface area contributed by atoms with Gasteiger partial charge in [0.15, 0.2) is 32.8 Å². The minimum Gasteiger partial charge on any atom is -0.504 e. The Bertz CT molecular complexity index is 2830. The number of rotatable bonds is 12. The van der Waals surface area contributed by atoms with Gasteiger partial charge in [0.05, 0.1) is 17.7 Å². The normalized spacial score (nSPS) is 25.9. The molecule has 370 valence electrons. The zero-order valence-electron chi connectivity index (χ0n) is 37.7. The van der Waals surface area contributed by atoms with Gasteiger partial charge in [-0.15, -0.1) is 11.8 Å². The molecule has 70 heavy (non-hydrogen) atoms. The Morgan fingerprint density at radius 3 is 2.16 bits per heavy atom. The first kappa shape index (κ1) is 50.3. The number of hydrogen-bond donors (Lipinski definition) is 6. The van der Waals surface area contributed by atoms with Crippen LogP contribution >= 0.6 is 11.8 Å². The van der Waals surface area contributed by atoms with E-state index in [1.165, 1.54) is 46.0 Å². The number of thioether (sulfide) groups is 1. The van der Waals surface area contributed by atoms with Gasteiger partial charge >= 0.3 is 35.8 Å². The minimum absolute atomic E-state index is 0.0200. The molecule has 5 saturated heterocycles. The predicted molar refractivity (Wildman–Crippen MR) is 243 cm³/mol. The number of urea groups is 1. The number of likely N-dealkylation sites (N-methyl/N-ethyl adjacent to an activating group) is 1. The number of carbonyl (C=O) groups excluding carboxylic acids is 7. The standard InChI is InChI=1S/C23H27N5O7S.C22H20N2O9S/c1-4-26-10-11-27(19(32)18(26)31)22(35)25-13(12-8-6-5-7-9-12)16(29)24-14-17(30)28-15(21(33)34)23(2,3)36-20(14)28;1-22(11-33-17(27)9-12-5-6-15(25)16(26)8-12)18(21(29)30)24-19(28)14(20(24)34(22,31)32)10-13-4-2-3-7-23-13/h5-9,13-15,20H,4,10-11H2,1-3H3,(H,24,29)(H,25,35)(H,33,34);2-8,10,18,20,25-26H,9,11H2,1H3,(H,29,30)/b;14-10-/t13?,14-,15+,20-;18-,20?,22-/m10/s1. The number of aromatic nitrogens is 1. The van der Waals surface area contributed by atoms with Gasteiger partial charge in [0, 0.05) is 30.6 Å². The molecule has 6 N–H and O–H groups in total. The van der Waals surface area contributed by atoms with Crippen LogP contribution in [-0.4, -0.2) is 172 Å². The molecule has 2 aromatic carbocycles. The fourth-order valence-corrected chi connectivity index (χ4v) is 12.7. The molecular formula is C45H47N7O16S2. The summed E-state index contributed by atoms with van der Waals surface area (Å²) in [7, 11) is -4.33. The molecule has 0 saturated carbocycles. The van der Waals surface area contributed by atoms with Gasteiger partial charge in [0.2, 0.25) is 11.8 Å². The molecule has 0 radical (unpaired) electrons. The lowest BCUT2D eigenvalue weighted by Gasteiger charge is -2.44. The van der Waals surface area contributed by atoms with Crippen LogP contribution < -0.4 is 10.6 Å². The average molecular weight is 1010 g/mol. The number of carboxylic acids is 2. The number of fused-ring (bicyclic) bond motifs is 2. The van der Waals surface area contributed by atoms with E-state index in [9.17, 15) is 72.0 Å². The number of sulfone groups is 1. The number of pyridine rings is 1. The van der Waals surface area contributed by atoms with Crippen molar-refractivity contribution >= 4 is 81.2 Å². The monoisotopic (exact) mass is 1010 g/mol. The van der Waals surface area contributed by atoms with Crippen molar-refractivity contribution in [2.75, 3.05) is 26.2 Å². The second-order valence-electron chi connectivity index (χ2n) is 17.4. The number of imide groups is 1. The van der Waals surface area contributed by atoms with Gasteiger partial charge in [-0.2, -0.15) is 0 Å². The molecule has 23 nitrogen and oxygen atoms in total. The van der Waals surface area contributed by atoms with E-state index < -0.39 is 120 Å². The third-order valence-electron chi connectivity index (χ3n) is 12.5. The molecule has 6 heterocycles. The zero-order chi connectivity index (χ0) is 51.2. The number of carboxylic acid groups (broad SMARTS) is 2. The molecular weight excluding hydrogens is 959 g/mol. The number of ether oxygens (including phenoxy) is 1. The number of carbonyl (C=O) groups is 9. The molecule has 5 aliphatic rings. The number of benzene rings is 2. The van der Waals surface area contributed by atoms with Gasteiger partial charge in [0.25, 0.3) is 5.91 Å². The molecule has 8 rings (SSSR count). The summed E-state index contributed by atoms with van der Waals surface area (Å²) < 4.78 is 29.1. The summed E-state index contributed by atoms with van der Waals surface area (Å²) in [6.07, 6.45) is 2.40. The number of esters is 1. The number of phenolic OH excluding ortho intramolecular Hbond substituents is 2. The van der Waals surface area contributed by atoms with E-state index >= 15 is 0 Å². The highest BCUT2D eigenvalue weighted by Crippen LogP contribution is 2.51. The Hall–Kier alpha value is -7.54. The van der Waals surface area contributed by atoms with Crippen LogP contribution in [0.4, 0.5) is 4.79 Å². The lowest BCUT2D eigenvalue weighted by molar-refractivity contribution is -0.161. The average Bonchev–Trinajstić information content (AvgIpc) is 3.67. The van der Waals surface area contributed by atoms with E-state index in [0.717, 1.165) is 22.8 Å². The lowest BCUT2D eigenvalue weighted by Crippen LogP contribution is -2.71. The van der Waals surface area contributed by atoms with Gasteiger partial charge in [-0.25, -0.2) is 22.8 Å². The van der Waals surface area contributed by atoms with E-state index in [1.54, 1.807) is 69.3 Å². The van der Waals surface area contributed by atoms with Gasteiger partial charge in [-0.05, 0) is 69.2 Å². The maximum absolute atomic E-state index is 13.4. The highest BCUT2D eigenvalue weighted by molar-refractivity contribution is 8.01. The van der Waals surface area contributed by atoms with E-state index in [0.29, 0.717) is 17.8 Å². The number of nitrogens with one attached hydrogen (secondary N) is 2. The summed E-state index contributed by atoms with van der Waals surface area (Å²) in [5.74, 6) is -8.12. The number of aliphatic carboxylic acids is 2. The predicted octanol–water partition coefficient (Wildman–Crippen LogP) is 0.230. The smallest absolute Gasteiger partial charge is 0.328 e. The summed E-state index contributed by atoms with van der Waals surface area (Å²) in [5, 5.41) is 41.4. The Morgan fingerprint density at radius 1 is 0.871 bits per heavy atom. The van der Waals surface area contributed by atoms with E-state index in [2.05, 4.69) is 15.6 Å². The number of piperazine rings is 1. The maximum atomic E-state index is 13.4. The minimum atomic E-state index is -4.33. The maximum Gasteiger partial charge on any atom is 0.328 e. The van der Waals surface area contributed by atoms with E-state index in [-0.39, 0.29) is 36.4 Å². The van der Waals surface area contributed by atoms with Crippen molar-refractivity contribution < 1.29 is 76.7 Å². The summed E-state index contributed by atoms with van der Waals surface area (Å²) in [6, 6.07) is 10.9. The van der Waals surface area contributed by atoms with Crippen molar-refractivity contribution in [1.29, 1.82) is 0 Å². The van der Waals surface area contributed by atoms with Crippen LogP contribution in [-0.2, 0) is 59.4 Å². The van der Waals surface area contributed by atoms with Crippen molar-refractivity contribution in [1.82, 2.24) is 35.2 Å². The molecule has 5 aliphatic heterocycles. The number of phenols is 2. The van der Waals surface area contributed by atoms with Crippen LogP contribution in [0.1, 0.15) is 50.6 Å². The van der Waals surface area contributed by atoms with Crippen LogP contribution in [0.3, 0.4) is 0 Å². The number of β-lactam (4-membered cyclic amide) rings is 2. The number of nitrogens with zero attached hydrogens (tertiary/aromatic N) is 5. The number of amides is 7. The van der Waals surface area contributed by atoms with Crippen molar-refractivity contribution in [3.63, 3.8) is 0 Å². The lowest BCUT2D eigenvalue weighted by atomic mass is 9.94. The Morgan fingerprint density at radius 2 is 1.54 bits per heavy atom. The van der Waals surface area contributed by atoms with Crippen LogP contribution in [0.15, 0.2) is 78.5 Å². The van der Waals surface area contributed by atoms with Gasteiger partial charge in [0.1, 0.15) is 34.9 Å². The second kappa shape index (κ2) is 19.1. The van der Waals surface area contributed by atoms with Crippen molar-refractivity contribution in [2.24, 2.45) is 0 Å². The van der Waals surface area contributed by atoms with Crippen molar-refractivity contribution in [2.45, 2.75) is 78.5 Å². The molecule has 1 aromatic heterocycles. The number of hydrogen-bond acceptors (Lipinski definition) is 16. The third kappa shape index (κ3) is 8.96. The van der Waals surface area contributed by atoms with E-state index in [4.69, 9.17) is 4.74 Å². The molecule has 0 aliphatic carbocycles. The van der Waals surface area contributed by atoms with Crippen molar-refractivity contribution in [3.05, 3.63) is 95.3 Å². The quantitative estimate of drug-likeness (QED) is 0.0465. The largest absolute Gasteiger partial charge is 0.504 e. The highest BCUT2D eigenvalue weighted by atomic mass is 32.2. The van der Waals surface area contributed by atoms with E-state index in [1.807, 2.05) is 0 Å². The Labute approximate surface area is 403 Å². The first-order valence-corrected chi connectivity index (χ1v) is 23.9. The topological polar surface area (TPSA) is 328 Å². The molecule has 7 amide bonds. The van der Waals surface area contributed by atoms with Crippen LogP contribution in [0, 0.1) is 0 Å².